The van der Waals surface area contributed by atoms with E-state index in [0.29, 0.717) is 29.1 Å². The molecule has 11 nitrogen and oxygen atoms in total. The van der Waals surface area contributed by atoms with Crippen LogP contribution in [-0.2, 0) is 27.7 Å². The van der Waals surface area contributed by atoms with Gasteiger partial charge < -0.3 is 20.7 Å². The Bertz CT molecular complexity index is 1260. The van der Waals surface area contributed by atoms with Crippen molar-refractivity contribution in [1.82, 2.24) is 24.9 Å². The number of hydrogen-bond donors (Lipinski definition) is 4. The van der Waals surface area contributed by atoms with E-state index in [4.69, 9.17) is 16.3 Å². The number of sulfonamides is 1. The first kappa shape index (κ1) is 28.3. The lowest BCUT2D eigenvalue weighted by Crippen LogP contribution is -2.48. The number of ether oxygens (including phenoxy) is 1. The Labute approximate surface area is 229 Å². The minimum absolute atomic E-state index is 0.00633. The molecule has 0 spiro atoms. The van der Waals surface area contributed by atoms with Gasteiger partial charge in [-0.15, -0.1) is 0 Å². The number of carbonyl (C=O) groups excluding carboxylic acids is 1. The van der Waals surface area contributed by atoms with Crippen molar-refractivity contribution in [2.45, 2.75) is 50.6 Å². The molecular weight excluding hydrogens is 530 g/mol. The first-order valence-electron chi connectivity index (χ1n) is 12.8. The van der Waals surface area contributed by atoms with Gasteiger partial charge in [0.1, 0.15) is 10.8 Å². The lowest BCUT2D eigenvalue weighted by atomic mass is 9.91. The van der Waals surface area contributed by atoms with Crippen LogP contribution in [-0.4, -0.2) is 81.3 Å². The standard InChI is InChI=1S/C25H36ClN7O4S/c1-27-23(34)15-33-10-8-16-12-21(22(37-2)13-17(16)9-11-33)30-25-28-14-18(26)24(31-25)29-19-6-4-5-7-20(19)32-38(3,35)36/h12-14,19-20,32H,4-11,15H2,1-3H3,(H,27,34)(H2,28,29,30,31)/t19-,20-/m1/s1. The van der Waals surface area contributed by atoms with Gasteiger partial charge in [-0.05, 0) is 48.9 Å². The maximum Gasteiger partial charge on any atom is 0.233 e. The molecule has 1 aromatic heterocycles. The number of methoxy groups -OCH3 is 1. The van der Waals surface area contributed by atoms with Crippen molar-refractivity contribution in [1.29, 1.82) is 0 Å². The summed E-state index contributed by atoms with van der Waals surface area (Å²) in [5.41, 5.74) is 3.10. The highest BCUT2D eigenvalue weighted by atomic mass is 35.5. The second kappa shape index (κ2) is 12.5. The zero-order valence-corrected chi connectivity index (χ0v) is 23.6. The van der Waals surface area contributed by atoms with Crippen molar-refractivity contribution in [3.05, 3.63) is 34.5 Å². The van der Waals surface area contributed by atoms with Gasteiger partial charge in [0.25, 0.3) is 0 Å². The van der Waals surface area contributed by atoms with E-state index in [2.05, 4.69) is 41.6 Å². The number of amides is 1. The van der Waals surface area contributed by atoms with Crippen LogP contribution in [0.15, 0.2) is 18.3 Å². The molecule has 1 aliphatic carbocycles. The minimum Gasteiger partial charge on any atom is -0.495 e. The molecule has 0 unspecified atom stereocenters. The van der Waals surface area contributed by atoms with Gasteiger partial charge in [0.05, 0.1) is 31.8 Å². The minimum atomic E-state index is -3.34. The van der Waals surface area contributed by atoms with Crippen LogP contribution in [0.5, 0.6) is 5.75 Å². The SMILES string of the molecule is CNC(=O)CN1CCc2cc(Nc3ncc(Cl)c(N[C@@H]4CCCC[C@H]4NS(C)(=O)=O)n3)c(OC)cc2CC1. The number of nitrogens with zero attached hydrogens (tertiary/aromatic N) is 3. The Hall–Kier alpha value is -2.67. The first-order valence-corrected chi connectivity index (χ1v) is 15.1. The quantitative estimate of drug-likeness (QED) is 0.361. The highest BCUT2D eigenvalue weighted by molar-refractivity contribution is 7.88. The zero-order valence-electron chi connectivity index (χ0n) is 22.0. The van der Waals surface area contributed by atoms with Crippen molar-refractivity contribution in [2.24, 2.45) is 0 Å². The topological polar surface area (TPSA) is 138 Å². The number of nitrogens with one attached hydrogen (secondary N) is 4. The number of benzene rings is 1. The molecule has 38 heavy (non-hydrogen) atoms. The molecule has 2 aliphatic rings. The number of carbonyl (C=O) groups is 1. The Morgan fingerprint density at radius 2 is 1.84 bits per heavy atom. The zero-order chi connectivity index (χ0) is 27.3. The lowest BCUT2D eigenvalue weighted by Gasteiger charge is -2.32. The molecule has 1 fully saturated rings. The van der Waals surface area contributed by atoms with E-state index in [1.54, 1.807) is 14.2 Å². The molecular formula is C25H36ClN7O4S. The third kappa shape index (κ3) is 7.46. The van der Waals surface area contributed by atoms with Crippen molar-refractivity contribution in [2.75, 3.05) is 50.7 Å². The molecule has 0 radical (unpaired) electrons. The number of rotatable bonds is 9. The van der Waals surface area contributed by atoms with E-state index >= 15 is 0 Å². The second-order valence-electron chi connectivity index (χ2n) is 9.82. The van der Waals surface area contributed by atoms with E-state index in [0.717, 1.165) is 57.3 Å². The predicted molar refractivity (Wildman–Crippen MR) is 149 cm³/mol. The van der Waals surface area contributed by atoms with Gasteiger partial charge in [-0.25, -0.2) is 18.1 Å². The fourth-order valence-corrected chi connectivity index (χ4v) is 6.03. The van der Waals surface area contributed by atoms with Crippen LogP contribution in [0, 0.1) is 0 Å². The van der Waals surface area contributed by atoms with Crippen LogP contribution in [0.4, 0.5) is 17.5 Å². The summed E-state index contributed by atoms with van der Waals surface area (Å²) >= 11 is 6.42. The number of likely N-dealkylation sites (N-methyl/N-ethyl adjacent to an activating group) is 1. The van der Waals surface area contributed by atoms with Crippen molar-refractivity contribution < 1.29 is 17.9 Å². The average molecular weight is 566 g/mol. The maximum absolute atomic E-state index is 11.9. The first-order chi connectivity index (χ1) is 18.1. The summed E-state index contributed by atoms with van der Waals surface area (Å²) in [6.07, 6.45) is 7.79. The summed E-state index contributed by atoms with van der Waals surface area (Å²) in [7, 11) is -0.0711. The summed E-state index contributed by atoms with van der Waals surface area (Å²) in [6, 6.07) is 3.70. The van der Waals surface area contributed by atoms with E-state index in [-0.39, 0.29) is 18.0 Å². The van der Waals surface area contributed by atoms with E-state index < -0.39 is 10.0 Å². The number of anilines is 3. The summed E-state index contributed by atoms with van der Waals surface area (Å²) < 4.78 is 32.1. The van der Waals surface area contributed by atoms with Gasteiger partial charge >= 0.3 is 0 Å². The number of hydrogen-bond acceptors (Lipinski definition) is 9. The molecule has 1 amide bonds. The van der Waals surface area contributed by atoms with Crippen molar-refractivity contribution in [3.63, 3.8) is 0 Å². The maximum atomic E-state index is 11.9. The summed E-state index contributed by atoms with van der Waals surface area (Å²) in [6.45, 7) is 1.95. The third-order valence-corrected chi connectivity index (χ3v) is 8.01. The molecule has 2 heterocycles. The fraction of sp³-hybridized carbons (Fsp3) is 0.560. The lowest BCUT2D eigenvalue weighted by molar-refractivity contribution is -0.121. The molecule has 0 bridgehead atoms. The largest absolute Gasteiger partial charge is 0.495 e. The number of halogens is 1. The van der Waals surface area contributed by atoms with Gasteiger partial charge in [-0.1, -0.05) is 24.4 Å². The van der Waals surface area contributed by atoms with Crippen LogP contribution in [0.3, 0.4) is 0 Å². The van der Waals surface area contributed by atoms with E-state index in [1.807, 2.05) is 6.07 Å². The number of fused-ring (bicyclic) bond motifs is 1. The van der Waals surface area contributed by atoms with Crippen LogP contribution < -0.4 is 25.4 Å². The average Bonchev–Trinajstić information content (AvgIpc) is 3.07. The Balaban J connectivity index is 1.52. The van der Waals surface area contributed by atoms with Crippen molar-refractivity contribution in [3.8, 4) is 5.75 Å². The molecule has 1 aliphatic heterocycles. The molecule has 2 aromatic rings. The molecule has 13 heteroatoms. The van der Waals surface area contributed by atoms with E-state index in [9.17, 15) is 13.2 Å². The van der Waals surface area contributed by atoms with Gasteiger partial charge in [-0.2, -0.15) is 4.98 Å². The second-order valence-corrected chi connectivity index (χ2v) is 12.0. The van der Waals surface area contributed by atoms with Gasteiger partial charge in [0, 0.05) is 32.2 Å². The fourth-order valence-electron chi connectivity index (χ4n) is 5.05. The van der Waals surface area contributed by atoms with E-state index in [1.165, 1.54) is 23.6 Å². The normalized spacial score (nSPS) is 20.2. The summed E-state index contributed by atoms with van der Waals surface area (Å²) in [5, 5.41) is 9.64. The molecule has 0 saturated heterocycles. The predicted octanol–water partition coefficient (Wildman–Crippen LogP) is 2.30. The summed E-state index contributed by atoms with van der Waals surface area (Å²) in [4.78, 5) is 22.9. The number of aromatic nitrogens is 2. The van der Waals surface area contributed by atoms with Crippen LogP contribution in [0.2, 0.25) is 5.02 Å². The Morgan fingerprint density at radius 1 is 1.16 bits per heavy atom. The van der Waals surface area contributed by atoms with Crippen LogP contribution in [0.1, 0.15) is 36.8 Å². The van der Waals surface area contributed by atoms with Crippen molar-refractivity contribution >= 4 is 45.0 Å². The Kier molecular flexibility index (Phi) is 9.29. The molecule has 2 atom stereocenters. The monoisotopic (exact) mass is 565 g/mol. The highest BCUT2D eigenvalue weighted by Gasteiger charge is 2.28. The molecule has 1 saturated carbocycles. The van der Waals surface area contributed by atoms with Gasteiger partial charge in [-0.3, -0.25) is 9.69 Å². The van der Waals surface area contributed by atoms with Gasteiger partial charge in [0.15, 0.2) is 5.82 Å². The molecule has 4 N–H and O–H groups in total. The molecule has 4 rings (SSSR count). The summed E-state index contributed by atoms with van der Waals surface area (Å²) in [5.74, 6) is 1.46. The smallest absolute Gasteiger partial charge is 0.233 e. The van der Waals surface area contributed by atoms with Gasteiger partial charge in [0.2, 0.25) is 21.9 Å². The van der Waals surface area contributed by atoms with Crippen LogP contribution in [0.25, 0.3) is 0 Å². The molecule has 1 aromatic carbocycles. The Morgan fingerprint density at radius 3 is 2.50 bits per heavy atom. The third-order valence-electron chi connectivity index (χ3n) is 7.01. The molecule has 208 valence electrons. The van der Waals surface area contributed by atoms with Crippen LogP contribution >= 0.6 is 11.6 Å². The highest BCUT2D eigenvalue weighted by Crippen LogP contribution is 2.33.